The number of aromatic amines is 1. The summed E-state index contributed by atoms with van der Waals surface area (Å²) in [5, 5.41) is 0.240. The molecule has 2 atom stereocenters. The third-order valence-corrected chi connectivity index (χ3v) is 6.56. The van der Waals surface area contributed by atoms with Crippen molar-refractivity contribution in [2.75, 3.05) is 38.1 Å². The Labute approximate surface area is 174 Å². The zero-order valence-corrected chi connectivity index (χ0v) is 17.7. The molecule has 160 valence electrons. The predicted molar refractivity (Wildman–Crippen MR) is 116 cm³/mol. The molecule has 1 aliphatic carbocycles. The number of likely N-dealkylation sites (N-methyl/N-ethyl adjacent to an activating group) is 1. The number of fused-ring (bicyclic) bond motifs is 1. The van der Waals surface area contributed by atoms with E-state index in [9.17, 15) is 9.59 Å². The fourth-order valence-corrected chi connectivity index (χ4v) is 4.68. The van der Waals surface area contributed by atoms with Crippen LogP contribution in [0.25, 0.3) is 15.7 Å². The Bertz CT molecular complexity index is 1130. The second-order valence-electron chi connectivity index (χ2n) is 8.82. The van der Waals surface area contributed by atoms with Crippen LogP contribution in [-0.2, 0) is 0 Å². The Balaban J connectivity index is 1.67. The normalized spacial score (nSPS) is 20.1. The van der Waals surface area contributed by atoms with E-state index in [1.54, 1.807) is 4.57 Å². The van der Waals surface area contributed by atoms with Gasteiger partial charge in [-0.15, -0.1) is 0 Å². The Morgan fingerprint density at radius 2 is 2.10 bits per heavy atom. The third kappa shape index (κ3) is 3.63. The molecule has 0 bridgehead atoms. The molecule has 0 amide bonds. The van der Waals surface area contributed by atoms with E-state index in [1.165, 1.54) is 6.07 Å². The summed E-state index contributed by atoms with van der Waals surface area (Å²) in [5.74, 6) is -0.0376. The van der Waals surface area contributed by atoms with Crippen molar-refractivity contribution in [2.24, 2.45) is 5.92 Å². The van der Waals surface area contributed by atoms with Crippen LogP contribution >= 0.6 is 0 Å². The van der Waals surface area contributed by atoms with Gasteiger partial charge in [-0.05, 0) is 52.1 Å². The van der Waals surface area contributed by atoms with E-state index in [0.717, 1.165) is 38.9 Å². The summed E-state index contributed by atoms with van der Waals surface area (Å²) in [6, 6.07) is 1.56. The van der Waals surface area contributed by atoms with Gasteiger partial charge in [-0.2, -0.15) is 0 Å². The lowest BCUT2D eigenvalue weighted by Gasteiger charge is -2.26. The number of hydrogen-bond acceptors (Lipinski definition) is 4. The minimum absolute atomic E-state index is 0.0813. The van der Waals surface area contributed by atoms with Gasteiger partial charge in [0.25, 0.3) is 5.56 Å². The quantitative estimate of drug-likeness (QED) is 0.740. The Hall–Kier alpha value is -2.66. The van der Waals surface area contributed by atoms with Gasteiger partial charge >= 0.3 is 5.69 Å². The highest BCUT2D eigenvalue weighted by Crippen LogP contribution is 2.39. The lowest BCUT2D eigenvalue weighted by molar-refractivity contribution is 0.235. The van der Waals surface area contributed by atoms with Crippen LogP contribution in [0.3, 0.4) is 0 Å². The molecule has 0 spiro atoms. The van der Waals surface area contributed by atoms with E-state index in [-0.39, 0.29) is 17.5 Å². The summed E-state index contributed by atoms with van der Waals surface area (Å²) in [6.07, 6.45) is 2.74. The molecule has 2 unspecified atom stereocenters. The van der Waals surface area contributed by atoms with Crippen LogP contribution < -0.4 is 16.1 Å². The van der Waals surface area contributed by atoms with E-state index in [2.05, 4.69) is 14.7 Å². The van der Waals surface area contributed by atoms with Crippen molar-refractivity contribution in [3.05, 3.63) is 49.7 Å². The maximum absolute atomic E-state index is 15.2. The minimum atomic E-state index is -0.532. The van der Waals surface area contributed by atoms with Gasteiger partial charge in [0.15, 0.2) is 0 Å². The van der Waals surface area contributed by atoms with Crippen molar-refractivity contribution in [2.45, 2.75) is 45.2 Å². The molecule has 2 heterocycles. The topological polar surface area (TPSA) is 65.7 Å². The molecule has 0 radical (unpaired) electrons. The fourth-order valence-electron chi connectivity index (χ4n) is 4.68. The van der Waals surface area contributed by atoms with Crippen molar-refractivity contribution >= 4 is 16.6 Å². The highest BCUT2D eigenvalue weighted by atomic mass is 19.1. The van der Waals surface area contributed by atoms with Gasteiger partial charge in [0.2, 0.25) is 6.54 Å². The van der Waals surface area contributed by atoms with Crippen LogP contribution in [-0.4, -0.2) is 53.7 Å². The van der Waals surface area contributed by atoms with E-state index in [4.69, 9.17) is 6.57 Å². The van der Waals surface area contributed by atoms with Crippen LogP contribution in [0.2, 0.25) is 0 Å². The Morgan fingerprint density at radius 3 is 2.77 bits per heavy atom. The van der Waals surface area contributed by atoms with Crippen molar-refractivity contribution in [1.29, 1.82) is 0 Å². The van der Waals surface area contributed by atoms with Crippen molar-refractivity contribution in [1.82, 2.24) is 14.5 Å². The van der Waals surface area contributed by atoms with Gasteiger partial charge in [-0.1, -0.05) is 0 Å². The second kappa shape index (κ2) is 7.88. The molecule has 8 heteroatoms. The van der Waals surface area contributed by atoms with Crippen LogP contribution in [0.15, 0.2) is 15.7 Å². The number of rotatable bonds is 6. The summed E-state index contributed by atoms with van der Waals surface area (Å²) >= 11 is 0. The number of nitrogens with zero attached hydrogens (tertiary/aromatic N) is 4. The van der Waals surface area contributed by atoms with Gasteiger partial charge < -0.3 is 9.74 Å². The van der Waals surface area contributed by atoms with E-state index >= 15 is 4.39 Å². The number of nitrogens with one attached hydrogen (secondary N) is 1. The molecule has 2 fully saturated rings. The number of benzene rings is 1. The lowest BCUT2D eigenvalue weighted by Crippen LogP contribution is -2.36. The number of aryl methyl sites for hydroxylation is 1. The number of anilines is 1. The van der Waals surface area contributed by atoms with Gasteiger partial charge in [0.05, 0.1) is 22.6 Å². The molecule has 1 N–H and O–H groups in total. The molecular formula is C22H28FN5O2. The molecule has 4 rings (SSSR count). The van der Waals surface area contributed by atoms with Gasteiger partial charge in [0.1, 0.15) is 5.82 Å². The number of hydrogen-bond donors (Lipinski definition) is 1. The zero-order chi connectivity index (χ0) is 21.6. The average molecular weight is 413 g/mol. The highest BCUT2D eigenvalue weighted by Gasteiger charge is 2.32. The van der Waals surface area contributed by atoms with Crippen molar-refractivity contribution in [3.8, 4) is 0 Å². The predicted octanol–water partition coefficient (Wildman–Crippen LogP) is 2.54. The monoisotopic (exact) mass is 413 g/mol. The van der Waals surface area contributed by atoms with E-state index in [1.807, 2.05) is 25.8 Å². The van der Waals surface area contributed by atoms with Crippen molar-refractivity contribution in [3.63, 3.8) is 0 Å². The van der Waals surface area contributed by atoms with Crippen LogP contribution in [0.5, 0.6) is 0 Å². The van der Waals surface area contributed by atoms with Crippen molar-refractivity contribution < 1.29 is 4.39 Å². The molecule has 7 nitrogen and oxygen atoms in total. The SMILES string of the molecule is [C-]#[N+]CC(C)N(C)CC1CCN(c2c(F)cc3c(=O)[nH]c(=O)n(C4CC4)c3c2C)C1. The summed E-state index contributed by atoms with van der Waals surface area (Å²) in [4.78, 5) is 34.9. The third-order valence-electron chi connectivity index (χ3n) is 6.56. The molecule has 30 heavy (non-hydrogen) atoms. The van der Waals surface area contributed by atoms with E-state index in [0.29, 0.717) is 29.2 Å². The Kier molecular flexibility index (Phi) is 5.41. The number of aromatic nitrogens is 2. The first kappa shape index (κ1) is 20.6. The molecule has 1 aliphatic heterocycles. The zero-order valence-electron chi connectivity index (χ0n) is 17.7. The Morgan fingerprint density at radius 1 is 1.37 bits per heavy atom. The molecular weight excluding hydrogens is 385 g/mol. The molecule has 1 saturated heterocycles. The summed E-state index contributed by atoms with van der Waals surface area (Å²) in [6.45, 7) is 13.7. The molecule has 1 saturated carbocycles. The van der Waals surface area contributed by atoms with E-state index < -0.39 is 17.1 Å². The average Bonchev–Trinajstić information content (AvgIpc) is 3.42. The van der Waals surface area contributed by atoms with Gasteiger partial charge in [-0.25, -0.2) is 15.8 Å². The largest absolute Gasteiger partial charge is 0.369 e. The first-order chi connectivity index (χ1) is 14.3. The summed E-state index contributed by atoms with van der Waals surface area (Å²) in [7, 11) is 2.03. The minimum Gasteiger partial charge on any atom is -0.369 e. The molecule has 2 aliphatic rings. The summed E-state index contributed by atoms with van der Waals surface area (Å²) < 4.78 is 16.8. The second-order valence-corrected chi connectivity index (χ2v) is 8.82. The number of H-pyrrole nitrogens is 1. The smallest absolute Gasteiger partial charge is 0.329 e. The summed E-state index contributed by atoms with van der Waals surface area (Å²) in [5.41, 5.74) is 0.784. The first-order valence-electron chi connectivity index (χ1n) is 10.6. The fraction of sp³-hybridized carbons (Fsp3) is 0.591. The standard InChI is InChI=1S/C22H28FN5O2/c1-13(10-24-3)26(4)11-15-7-8-27(12-15)20-14(2)19-17(9-18(20)23)21(29)25-22(30)28(19)16-5-6-16/h9,13,15-16H,5-8,10-12H2,1-2,4H3,(H,25,29,30). The van der Waals surface area contributed by atoms with Gasteiger partial charge in [-0.3, -0.25) is 19.2 Å². The number of halogens is 1. The van der Waals surface area contributed by atoms with Crippen LogP contribution in [0.4, 0.5) is 10.1 Å². The molecule has 1 aromatic heterocycles. The lowest BCUT2D eigenvalue weighted by atomic mass is 10.1. The maximum Gasteiger partial charge on any atom is 0.329 e. The molecule has 2 aromatic rings. The molecule has 1 aromatic carbocycles. The van der Waals surface area contributed by atoms with Crippen LogP contribution in [0, 0.1) is 25.2 Å². The first-order valence-corrected chi connectivity index (χ1v) is 10.6. The maximum atomic E-state index is 15.2. The van der Waals surface area contributed by atoms with Gasteiger partial charge in [0, 0.05) is 31.2 Å². The highest BCUT2D eigenvalue weighted by molar-refractivity contribution is 5.87. The van der Waals surface area contributed by atoms with Crippen LogP contribution in [0.1, 0.15) is 37.8 Å².